The number of benzene rings is 2. The number of hydrogen-bond acceptors (Lipinski definition) is 3. The second-order valence-electron chi connectivity index (χ2n) is 5.32. The highest BCUT2D eigenvalue weighted by Gasteiger charge is 2.42. The van der Waals surface area contributed by atoms with E-state index in [1.807, 2.05) is 0 Å². The number of ether oxygens (including phenoxy) is 1. The number of carbonyl (C=O) groups is 2. The summed E-state index contributed by atoms with van der Waals surface area (Å²) in [6, 6.07) is 9.10. The van der Waals surface area contributed by atoms with Gasteiger partial charge in [-0.15, -0.1) is 0 Å². The van der Waals surface area contributed by atoms with Crippen molar-refractivity contribution in [1.82, 2.24) is 0 Å². The van der Waals surface area contributed by atoms with E-state index in [9.17, 15) is 23.5 Å². The number of carboxylic acids is 1. The smallest absolute Gasteiger partial charge is 0.415 e. The molecule has 0 fully saturated rings. The monoisotopic (exact) mass is 333 g/mol. The summed E-state index contributed by atoms with van der Waals surface area (Å²) in [5.74, 6) is -2.98. The van der Waals surface area contributed by atoms with Gasteiger partial charge in [-0.25, -0.2) is 18.4 Å². The van der Waals surface area contributed by atoms with Crippen LogP contribution in [0.5, 0.6) is 0 Å². The summed E-state index contributed by atoms with van der Waals surface area (Å²) in [4.78, 5) is 24.4. The molecule has 0 spiro atoms. The summed E-state index contributed by atoms with van der Waals surface area (Å²) in [5, 5.41) is 9.28. The molecule has 0 saturated heterocycles. The lowest BCUT2D eigenvalue weighted by Crippen LogP contribution is -2.43. The van der Waals surface area contributed by atoms with Crippen LogP contribution in [-0.2, 0) is 22.6 Å². The highest BCUT2D eigenvalue weighted by Crippen LogP contribution is 2.37. The van der Waals surface area contributed by atoms with Crippen molar-refractivity contribution in [1.29, 1.82) is 0 Å². The van der Waals surface area contributed by atoms with Gasteiger partial charge in [-0.3, -0.25) is 4.90 Å². The third-order valence-electron chi connectivity index (χ3n) is 3.81. The van der Waals surface area contributed by atoms with Gasteiger partial charge in [0.15, 0.2) is 0 Å². The molecule has 0 radical (unpaired) electrons. The van der Waals surface area contributed by atoms with Gasteiger partial charge in [0.25, 0.3) is 0 Å². The van der Waals surface area contributed by atoms with Gasteiger partial charge in [-0.1, -0.05) is 30.3 Å². The highest BCUT2D eigenvalue weighted by atomic mass is 19.1. The number of aliphatic carboxylic acids is 1. The number of anilines is 1. The Balaban J connectivity index is 1.88. The molecule has 1 amide bonds. The van der Waals surface area contributed by atoms with Gasteiger partial charge >= 0.3 is 12.1 Å². The lowest BCUT2D eigenvalue weighted by molar-refractivity contribution is -0.138. The van der Waals surface area contributed by atoms with Gasteiger partial charge in [-0.2, -0.15) is 0 Å². The number of carboxylic acid groups (broad SMARTS) is 1. The molecule has 1 aliphatic rings. The molecular formula is C17H13F2NO4. The van der Waals surface area contributed by atoms with Gasteiger partial charge < -0.3 is 9.84 Å². The van der Waals surface area contributed by atoms with Crippen molar-refractivity contribution < 1.29 is 28.2 Å². The first-order chi connectivity index (χ1) is 11.5. The molecule has 1 atom stereocenters. The fourth-order valence-corrected chi connectivity index (χ4v) is 2.68. The van der Waals surface area contributed by atoms with Crippen molar-refractivity contribution in [3.63, 3.8) is 0 Å². The molecule has 1 heterocycles. The highest BCUT2D eigenvalue weighted by molar-refractivity contribution is 5.98. The molecule has 1 N–H and O–H groups in total. The predicted octanol–water partition coefficient (Wildman–Crippen LogP) is 3.12. The first-order valence-electron chi connectivity index (χ1n) is 7.18. The minimum atomic E-state index is -1.41. The maximum atomic E-state index is 14.1. The van der Waals surface area contributed by atoms with Crippen molar-refractivity contribution in [2.75, 3.05) is 4.90 Å². The van der Waals surface area contributed by atoms with E-state index in [0.717, 1.165) is 12.1 Å². The minimum Gasteiger partial charge on any atom is -0.480 e. The Labute approximate surface area is 136 Å². The van der Waals surface area contributed by atoms with Crippen molar-refractivity contribution in [2.45, 2.75) is 19.1 Å². The quantitative estimate of drug-likeness (QED) is 0.937. The van der Waals surface area contributed by atoms with E-state index in [4.69, 9.17) is 4.74 Å². The summed E-state index contributed by atoms with van der Waals surface area (Å²) < 4.78 is 33.0. The molecule has 124 valence electrons. The number of rotatable bonds is 3. The maximum Gasteiger partial charge on any atom is 0.415 e. The third-order valence-corrected chi connectivity index (χ3v) is 3.81. The van der Waals surface area contributed by atoms with Crippen LogP contribution in [0.25, 0.3) is 0 Å². The van der Waals surface area contributed by atoms with Crippen LogP contribution in [0.4, 0.5) is 19.3 Å². The van der Waals surface area contributed by atoms with Gasteiger partial charge in [0.1, 0.15) is 24.3 Å². The molecule has 2 aromatic rings. The average molecular weight is 333 g/mol. The van der Waals surface area contributed by atoms with Crippen LogP contribution in [0, 0.1) is 11.6 Å². The fourth-order valence-electron chi connectivity index (χ4n) is 2.68. The van der Waals surface area contributed by atoms with E-state index in [1.165, 1.54) is 0 Å². The second-order valence-corrected chi connectivity index (χ2v) is 5.32. The van der Waals surface area contributed by atoms with Gasteiger partial charge in [0.05, 0.1) is 5.69 Å². The van der Waals surface area contributed by atoms with E-state index >= 15 is 0 Å². The zero-order valence-corrected chi connectivity index (χ0v) is 12.4. The first kappa shape index (κ1) is 15.9. The molecule has 0 unspecified atom stereocenters. The maximum absolute atomic E-state index is 14.1. The summed E-state index contributed by atoms with van der Waals surface area (Å²) in [6.45, 7) is -0.102. The van der Waals surface area contributed by atoms with E-state index in [-0.39, 0.29) is 24.3 Å². The number of fused-ring (bicyclic) bond motifs is 1. The molecule has 3 rings (SSSR count). The van der Waals surface area contributed by atoms with Gasteiger partial charge in [-0.05, 0) is 17.7 Å². The Morgan fingerprint density at radius 1 is 1.12 bits per heavy atom. The van der Waals surface area contributed by atoms with Crippen LogP contribution in [0.1, 0.15) is 11.1 Å². The number of nitrogens with zero attached hydrogens (tertiary/aromatic N) is 1. The molecule has 0 aromatic heterocycles. The summed E-state index contributed by atoms with van der Waals surface area (Å²) in [6.07, 6.45) is -1.34. The zero-order valence-electron chi connectivity index (χ0n) is 12.4. The Morgan fingerprint density at radius 3 is 2.46 bits per heavy atom. The van der Waals surface area contributed by atoms with E-state index < -0.39 is 29.7 Å². The molecule has 5 nitrogen and oxygen atoms in total. The minimum absolute atomic E-state index is 0.102. The fraction of sp³-hybridized carbons (Fsp3) is 0.176. The van der Waals surface area contributed by atoms with Crippen LogP contribution >= 0.6 is 0 Å². The second kappa shape index (κ2) is 6.27. The van der Waals surface area contributed by atoms with Crippen LogP contribution in [-0.4, -0.2) is 23.2 Å². The molecule has 0 saturated carbocycles. The largest absolute Gasteiger partial charge is 0.480 e. The molecule has 0 bridgehead atoms. The Kier molecular flexibility index (Phi) is 4.16. The molecule has 0 aliphatic carbocycles. The molecule has 24 heavy (non-hydrogen) atoms. The number of hydrogen-bond donors (Lipinski definition) is 1. The van der Waals surface area contributed by atoms with Crippen molar-refractivity contribution in [3.8, 4) is 0 Å². The first-order valence-corrected chi connectivity index (χ1v) is 7.18. The van der Waals surface area contributed by atoms with E-state index in [1.54, 1.807) is 30.3 Å². The molecular weight excluding hydrogens is 320 g/mol. The van der Waals surface area contributed by atoms with Gasteiger partial charge in [0, 0.05) is 12.0 Å². The Bertz CT molecular complexity index is 795. The third kappa shape index (κ3) is 2.80. The zero-order chi connectivity index (χ0) is 17.3. The van der Waals surface area contributed by atoms with Crippen LogP contribution in [0.15, 0.2) is 42.5 Å². The Morgan fingerprint density at radius 2 is 1.79 bits per heavy atom. The topological polar surface area (TPSA) is 66.8 Å². The van der Waals surface area contributed by atoms with Crippen LogP contribution in [0.2, 0.25) is 0 Å². The molecule has 1 aliphatic heterocycles. The van der Waals surface area contributed by atoms with E-state index in [0.29, 0.717) is 10.5 Å². The lowest BCUT2D eigenvalue weighted by Gasteiger charge is -2.22. The van der Waals surface area contributed by atoms with Crippen molar-refractivity contribution >= 4 is 17.7 Å². The van der Waals surface area contributed by atoms with E-state index in [2.05, 4.69) is 0 Å². The van der Waals surface area contributed by atoms with Crippen LogP contribution in [0.3, 0.4) is 0 Å². The van der Waals surface area contributed by atoms with Crippen LogP contribution < -0.4 is 4.90 Å². The standard InChI is InChI=1S/C17H13F2NO4/c18-12-6-7-13(19)15-11(12)8-14(16(21)22)20(15)17(23)24-9-10-4-2-1-3-5-10/h1-7,14H,8-9H2,(H,21,22)/t14-/m0/s1. The van der Waals surface area contributed by atoms with Crippen molar-refractivity contribution in [2.24, 2.45) is 0 Å². The predicted molar refractivity (Wildman–Crippen MR) is 80.6 cm³/mol. The summed E-state index contributed by atoms with van der Waals surface area (Å²) in [5.41, 5.74) is 0.177. The lowest BCUT2D eigenvalue weighted by atomic mass is 10.1. The molecule has 7 heteroatoms. The van der Waals surface area contributed by atoms with Crippen molar-refractivity contribution in [3.05, 3.63) is 65.2 Å². The normalized spacial score (nSPS) is 15.9. The average Bonchev–Trinajstić information content (AvgIpc) is 2.99. The number of halogens is 2. The van der Waals surface area contributed by atoms with Gasteiger partial charge in [0.2, 0.25) is 0 Å². The molecule has 2 aromatic carbocycles. The number of amides is 1. The summed E-state index contributed by atoms with van der Waals surface area (Å²) in [7, 11) is 0. The SMILES string of the molecule is O=C(O)[C@@H]1Cc2c(F)ccc(F)c2N1C(=O)OCc1ccccc1. The number of carbonyl (C=O) groups excluding carboxylic acids is 1. The summed E-state index contributed by atoms with van der Waals surface area (Å²) >= 11 is 0. The Hall–Kier alpha value is -2.96.